The largest absolute Gasteiger partial charge is 0.381 e. The quantitative estimate of drug-likeness (QED) is 0.434. The van der Waals surface area contributed by atoms with E-state index in [9.17, 15) is 4.79 Å². The number of carbonyl (C=O) groups excluding carboxylic acids is 1. The molecule has 0 bridgehead atoms. The van der Waals surface area contributed by atoms with E-state index in [2.05, 4.69) is 25.9 Å². The highest BCUT2D eigenvalue weighted by molar-refractivity contribution is 6.04. The molecule has 3 aromatic heterocycles. The molecule has 0 radical (unpaired) electrons. The lowest BCUT2D eigenvalue weighted by Gasteiger charge is -2.18. The van der Waals surface area contributed by atoms with Gasteiger partial charge in [0.2, 0.25) is 0 Å². The first-order chi connectivity index (χ1) is 15.6. The zero-order valence-electron chi connectivity index (χ0n) is 17.4. The summed E-state index contributed by atoms with van der Waals surface area (Å²) in [7, 11) is 0. The van der Waals surface area contributed by atoms with E-state index < -0.39 is 0 Å². The SMILES string of the molecule is C#Cc1cccc2cc([C@H](C)NC(=O)c3c(N)nn4cccnc34)n(-c3ccccc3)c12. The second-order valence-corrected chi connectivity index (χ2v) is 7.47. The third kappa shape index (κ3) is 3.06. The van der Waals surface area contributed by atoms with E-state index in [1.54, 1.807) is 18.5 Å². The summed E-state index contributed by atoms with van der Waals surface area (Å²) in [5, 5.41) is 8.23. The van der Waals surface area contributed by atoms with Crippen molar-refractivity contribution >= 4 is 28.3 Å². The van der Waals surface area contributed by atoms with Crippen LogP contribution in [0, 0.1) is 12.3 Å². The molecular formula is C25H20N6O. The summed E-state index contributed by atoms with van der Waals surface area (Å²) < 4.78 is 3.59. The lowest BCUT2D eigenvalue weighted by Crippen LogP contribution is -2.28. The van der Waals surface area contributed by atoms with Gasteiger partial charge in [-0.2, -0.15) is 0 Å². The summed E-state index contributed by atoms with van der Waals surface area (Å²) in [6.07, 6.45) is 9.10. The number of fused-ring (bicyclic) bond motifs is 2. The number of anilines is 1. The van der Waals surface area contributed by atoms with Gasteiger partial charge < -0.3 is 15.6 Å². The highest BCUT2D eigenvalue weighted by Crippen LogP contribution is 2.31. The van der Waals surface area contributed by atoms with Gasteiger partial charge in [0.1, 0.15) is 5.56 Å². The van der Waals surface area contributed by atoms with Crippen LogP contribution < -0.4 is 11.1 Å². The molecule has 0 aliphatic rings. The number of nitrogens with zero attached hydrogens (tertiary/aromatic N) is 4. The van der Waals surface area contributed by atoms with Crippen molar-refractivity contribution in [3.63, 3.8) is 0 Å². The van der Waals surface area contributed by atoms with Gasteiger partial charge in [-0.25, -0.2) is 9.50 Å². The van der Waals surface area contributed by atoms with Gasteiger partial charge >= 0.3 is 0 Å². The number of amides is 1. The number of nitrogens with two attached hydrogens (primary N) is 1. The number of hydrogen-bond donors (Lipinski definition) is 2. The Balaban J connectivity index is 1.61. The maximum atomic E-state index is 13.2. The van der Waals surface area contributed by atoms with Crippen molar-refractivity contribution in [3.8, 4) is 18.0 Å². The predicted molar refractivity (Wildman–Crippen MR) is 124 cm³/mol. The molecule has 0 aliphatic heterocycles. The van der Waals surface area contributed by atoms with E-state index in [4.69, 9.17) is 12.2 Å². The van der Waals surface area contributed by atoms with E-state index in [0.717, 1.165) is 27.8 Å². The Kier molecular flexibility index (Phi) is 4.61. The number of hydrogen-bond acceptors (Lipinski definition) is 4. The second-order valence-electron chi connectivity index (χ2n) is 7.47. The minimum absolute atomic E-state index is 0.131. The molecule has 5 aromatic rings. The minimum Gasteiger partial charge on any atom is -0.381 e. The van der Waals surface area contributed by atoms with Gasteiger partial charge in [-0.15, -0.1) is 11.5 Å². The molecule has 7 nitrogen and oxygen atoms in total. The maximum Gasteiger partial charge on any atom is 0.259 e. The van der Waals surface area contributed by atoms with Crippen LogP contribution in [-0.2, 0) is 0 Å². The molecule has 0 fully saturated rings. The molecule has 2 aromatic carbocycles. The summed E-state index contributed by atoms with van der Waals surface area (Å²) in [6.45, 7) is 1.93. The van der Waals surface area contributed by atoms with Crippen molar-refractivity contribution in [1.82, 2.24) is 24.5 Å². The van der Waals surface area contributed by atoms with Crippen LogP contribution in [0.4, 0.5) is 5.82 Å². The molecular weight excluding hydrogens is 400 g/mol. The second kappa shape index (κ2) is 7.60. The van der Waals surface area contributed by atoms with Gasteiger partial charge in [0, 0.05) is 34.7 Å². The van der Waals surface area contributed by atoms with E-state index in [0.29, 0.717) is 5.65 Å². The van der Waals surface area contributed by atoms with E-state index in [1.807, 2.05) is 61.5 Å². The number of carbonyl (C=O) groups is 1. The number of nitrogen functional groups attached to an aromatic ring is 1. The van der Waals surface area contributed by atoms with E-state index in [1.165, 1.54) is 4.52 Å². The van der Waals surface area contributed by atoms with Crippen LogP contribution in [0.25, 0.3) is 22.2 Å². The van der Waals surface area contributed by atoms with Crippen LogP contribution in [0.5, 0.6) is 0 Å². The Morgan fingerprint density at radius 2 is 1.97 bits per heavy atom. The average molecular weight is 420 g/mol. The van der Waals surface area contributed by atoms with Gasteiger partial charge in [0.15, 0.2) is 11.5 Å². The Morgan fingerprint density at radius 1 is 1.16 bits per heavy atom. The normalized spacial score (nSPS) is 12.0. The zero-order chi connectivity index (χ0) is 22.2. The van der Waals surface area contributed by atoms with Crippen molar-refractivity contribution in [1.29, 1.82) is 0 Å². The molecule has 1 amide bonds. The van der Waals surface area contributed by atoms with Gasteiger partial charge in [0.25, 0.3) is 5.91 Å². The van der Waals surface area contributed by atoms with Crippen LogP contribution in [0.3, 0.4) is 0 Å². The highest BCUT2D eigenvalue weighted by Gasteiger charge is 2.24. The fraction of sp³-hybridized carbons (Fsp3) is 0.0800. The zero-order valence-corrected chi connectivity index (χ0v) is 17.4. The minimum atomic E-state index is -0.348. The smallest absolute Gasteiger partial charge is 0.259 e. The summed E-state index contributed by atoms with van der Waals surface area (Å²) in [5.41, 5.74) is 10.3. The Bertz CT molecular complexity index is 1510. The number of aromatic nitrogens is 4. The number of rotatable bonds is 4. The van der Waals surface area contributed by atoms with Gasteiger partial charge in [0.05, 0.1) is 11.6 Å². The predicted octanol–water partition coefficient (Wildman–Crippen LogP) is 3.73. The fourth-order valence-electron chi connectivity index (χ4n) is 4.04. The number of para-hydroxylation sites is 2. The highest BCUT2D eigenvalue weighted by atomic mass is 16.1. The molecule has 0 spiro atoms. The summed E-state index contributed by atoms with van der Waals surface area (Å²) in [6, 6.07) is 19.2. The number of benzene rings is 2. The summed E-state index contributed by atoms with van der Waals surface area (Å²) in [4.78, 5) is 17.4. The first kappa shape index (κ1) is 19.4. The Labute approximate surface area is 184 Å². The molecule has 3 N–H and O–H groups in total. The van der Waals surface area contributed by atoms with Crippen molar-refractivity contribution in [2.24, 2.45) is 0 Å². The van der Waals surface area contributed by atoms with Crippen molar-refractivity contribution in [2.75, 3.05) is 5.73 Å². The first-order valence-electron chi connectivity index (χ1n) is 10.1. The Morgan fingerprint density at radius 3 is 2.75 bits per heavy atom. The molecule has 3 heterocycles. The summed E-state index contributed by atoms with van der Waals surface area (Å²) >= 11 is 0. The lowest BCUT2D eigenvalue weighted by molar-refractivity contribution is 0.0941. The maximum absolute atomic E-state index is 13.2. The summed E-state index contributed by atoms with van der Waals surface area (Å²) in [5.74, 6) is 2.57. The third-order valence-corrected chi connectivity index (χ3v) is 5.46. The van der Waals surface area contributed by atoms with E-state index in [-0.39, 0.29) is 23.3 Å². The molecule has 32 heavy (non-hydrogen) atoms. The van der Waals surface area contributed by atoms with Crippen molar-refractivity contribution < 1.29 is 4.79 Å². The lowest BCUT2D eigenvalue weighted by atomic mass is 10.1. The first-order valence-corrected chi connectivity index (χ1v) is 10.1. The monoisotopic (exact) mass is 420 g/mol. The van der Waals surface area contributed by atoms with Crippen LogP contribution in [0.2, 0.25) is 0 Å². The molecule has 0 saturated carbocycles. The van der Waals surface area contributed by atoms with Gasteiger partial charge in [-0.1, -0.05) is 36.3 Å². The molecule has 0 unspecified atom stereocenters. The molecule has 5 rings (SSSR count). The van der Waals surface area contributed by atoms with Crippen LogP contribution in [0.1, 0.15) is 34.6 Å². The molecule has 1 atom stereocenters. The van der Waals surface area contributed by atoms with Crippen LogP contribution in [-0.4, -0.2) is 25.1 Å². The average Bonchev–Trinajstić information content (AvgIpc) is 3.36. The topological polar surface area (TPSA) is 90.2 Å². The van der Waals surface area contributed by atoms with Crippen LogP contribution >= 0.6 is 0 Å². The third-order valence-electron chi connectivity index (χ3n) is 5.46. The molecule has 156 valence electrons. The van der Waals surface area contributed by atoms with E-state index >= 15 is 0 Å². The number of nitrogens with one attached hydrogen (secondary N) is 1. The molecule has 0 aliphatic carbocycles. The standard InChI is InChI=1S/C25H20N6O/c1-3-17-9-7-10-18-15-20(31(22(17)18)19-11-5-4-6-12-19)16(2)28-25(32)21-23(26)29-30-14-8-13-27-24(21)30/h1,4-16H,2H3,(H2,26,29)(H,28,32)/t16-/m0/s1. The van der Waals surface area contributed by atoms with Crippen molar-refractivity contribution in [3.05, 3.63) is 89.9 Å². The molecule has 0 saturated heterocycles. The van der Waals surface area contributed by atoms with Crippen molar-refractivity contribution in [2.45, 2.75) is 13.0 Å². The van der Waals surface area contributed by atoms with Gasteiger partial charge in [-0.05, 0) is 37.3 Å². The van der Waals surface area contributed by atoms with Gasteiger partial charge in [-0.3, -0.25) is 4.79 Å². The van der Waals surface area contributed by atoms with Crippen LogP contribution in [0.15, 0.2) is 73.1 Å². The Hall–Kier alpha value is -4.57. The fourth-order valence-corrected chi connectivity index (χ4v) is 4.04. The number of terminal acetylenes is 1. The molecule has 7 heteroatoms.